The zero-order chi connectivity index (χ0) is 31.4. The third kappa shape index (κ3) is 7.30. The standard InChI is InChI=1S/C31H38F3N3O6/c1-4-25(35)27(39)42-19-43-28(40)37-17-29(11-10-26(38)36-29)12-13-30(37,23-8-6-5-7-9-23)18-41-21(3)22-14-20(2)15-24(16-22)31(32,33)34/h5-9,14-16,21,25H,4,10-13,17-19,35H2,1-3H3,(H,36,38)/t21-,25?,29-,30-/m1/s1. The number of likely N-dealkylation sites (tertiary alicyclic amines) is 1. The fraction of sp³-hybridized carbons (Fsp3) is 0.516. The number of amides is 2. The molecule has 4 atom stereocenters. The average Bonchev–Trinajstić information content (AvgIpc) is 3.34. The van der Waals surface area contributed by atoms with Gasteiger partial charge in [0.1, 0.15) is 6.04 Å². The number of nitrogens with two attached hydrogens (primary N) is 1. The molecule has 2 aliphatic rings. The van der Waals surface area contributed by atoms with Crippen LogP contribution in [0.5, 0.6) is 0 Å². The van der Waals surface area contributed by atoms with Gasteiger partial charge in [-0.1, -0.05) is 48.9 Å². The van der Waals surface area contributed by atoms with E-state index in [2.05, 4.69) is 5.32 Å². The molecule has 0 aromatic heterocycles. The highest BCUT2D eigenvalue weighted by Gasteiger charge is 2.54. The Balaban J connectivity index is 1.65. The van der Waals surface area contributed by atoms with Crippen molar-refractivity contribution in [2.45, 2.75) is 82.3 Å². The maximum atomic E-state index is 13.7. The van der Waals surface area contributed by atoms with E-state index in [0.717, 1.165) is 17.7 Å². The molecule has 3 N–H and O–H groups in total. The molecule has 2 saturated heterocycles. The van der Waals surface area contributed by atoms with Gasteiger partial charge in [0.25, 0.3) is 0 Å². The van der Waals surface area contributed by atoms with E-state index in [1.807, 2.05) is 30.3 Å². The molecule has 2 fully saturated rings. The summed E-state index contributed by atoms with van der Waals surface area (Å²) in [5, 5.41) is 3.02. The zero-order valence-corrected chi connectivity index (χ0v) is 24.5. The number of halogens is 3. The number of rotatable bonds is 9. The number of hydrogen-bond acceptors (Lipinski definition) is 7. The van der Waals surface area contributed by atoms with Gasteiger partial charge in [0.2, 0.25) is 12.7 Å². The van der Waals surface area contributed by atoms with Crippen LogP contribution in [0.3, 0.4) is 0 Å². The lowest BCUT2D eigenvalue weighted by molar-refractivity contribution is -0.155. The van der Waals surface area contributed by atoms with E-state index in [1.54, 1.807) is 26.8 Å². The number of nitrogens with zero attached hydrogens (tertiary/aromatic N) is 1. The van der Waals surface area contributed by atoms with Crippen molar-refractivity contribution < 1.29 is 41.8 Å². The van der Waals surface area contributed by atoms with Gasteiger partial charge in [0.15, 0.2) is 0 Å². The molecule has 4 rings (SSSR count). The Hall–Kier alpha value is -3.64. The molecule has 0 aliphatic carbocycles. The van der Waals surface area contributed by atoms with Gasteiger partial charge in [0, 0.05) is 13.0 Å². The minimum atomic E-state index is -4.51. The summed E-state index contributed by atoms with van der Waals surface area (Å²) in [4.78, 5) is 39.5. The SMILES string of the molecule is CCC(N)C(=O)OCOC(=O)N1C[C@@]2(CCC(=O)N2)CC[C@@]1(CO[C@H](C)c1cc(C)cc(C(F)(F)F)c1)c1ccccc1. The van der Waals surface area contributed by atoms with E-state index in [1.165, 1.54) is 4.90 Å². The fourth-order valence-electron chi connectivity index (χ4n) is 5.77. The summed E-state index contributed by atoms with van der Waals surface area (Å²) in [5.41, 5.74) is 4.66. The highest BCUT2D eigenvalue weighted by Crippen LogP contribution is 2.45. The quantitative estimate of drug-likeness (QED) is 0.301. The first-order valence-corrected chi connectivity index (χ1v) is 14.3. The summed E-state index contributed by atoms with van der Waals surface area (Å²) in [7, 11) is 0. The van der Waals surface area contributed by atoms with Crippen molar-refractivity contribution >= 4 is 18.0 Å². The number of aryl methyl sites for hydroxylation is 1. The molecule has 43 heavy (non-hydrogen) atoms. The van der Waals surface area contributed by atoms with E-state index >= 15 is 0 Å². The van der Waals surface area contributed by atoms with Crippen molar-refractivity contribution in [2.24, 2.45) is 5.73 Å². The lowest BCUT2D eigenvalue weighted by atomic mass is 9.74. The second-order valence-corrected chi connectivity index (χ2v) is 11.4. The summed E-state index contributed by atoms with van der Waals surface area (Å²) >= 11 is 0. The smallest absolute Gasteiger partial charge is 0.416 e. The van der Waals surface area contributed by atoms with E-state index in [4.69, 9.17) is 19.9 Å². The molecular formula is C31H38F3N3O6. The summed E-state index contributed by atoms with van der Waals surface area (Å²) in [6.45, 7) is 4.33. The highest BCUT2D eigenvalue weighted by molar-refractivity contribution is 5.80. The number of esters is 1. The third-order valence-corrected chi connectivity index (χ3v) is 8.36. The van der Waals surface area contributed by atoms with Gasteiger partial charge in [-0.25, -0.2) is 4.79 Å². The van der Waals surface area contributed by atoms with E-state index in [0.29, 0.717) is 43.2 Å². The number of ether oxygens (including phenoxy) is 3. The van der Waals surface area contributed by atoms with Gasteiger partial charge in [-0.05, 0) is 62.8 Å². The molecule has 9 nitrogen and oxygen atoms in total. The van der Waals surface area contributed by atoms with Crippen molar-refractivity contribution in [1.29, 1.82) is 0 Å². The number of benzene rings is 2. The number of nitrogens with one attached hydrogen (secondary N) is 1. The van der Waals surface area contributed by atoms with Gasteiger partial charge >= 0.3 is 18.2 Å². The minimum Gasteiger partial charge on any atom is -0.427 e. The number of alkyl halides is 3. The molecule has 0 radical (unpaired) electrons. The van der Waals surface area contributed by atoms with Gasteiger partial charge in [-0.2, -0.15) is 13.2 Å². The van der Waals surface area contributed by atoms with E-state index < -0.39 is 53.8 Å². The molecule has 12 heteroatoms. The molecular weight excluding hydrogens is 567 g/mol. The second kappa shape index (κ2) is 12.9. The first kappa shape index (κ1) is 32.3. The van der Waals surface area contributed by atoms with Crippen molar-refractivity contribution in [2.75, 3.05) is 19.9 Å². The maximum Gasteiger partial charge on any atom is 0.416 e. The molecule has 2 heterocycles. The Morgan fingerprint density at radius 1 is 1.09 bits per heavy atom. The van der Waals surface area contributed by atoms with Crippen LogP contribution in [0.1, 0.15) is 74.3 Å². The number of piperidine rings is 1. The van der Waals surface area contributed by atoms with Crippen LogP contribution >= 0.6 is 0 Å². The topological polar surface area (TPSA) is 120 Å². The summed E-state index contributed by atoms with van der Waals surface area (Å²) < 4.78 is 57.3. The third-order valence-electron chi connectivity index (χ3n) is 8.36. The monoisotopic (exact) mass is 605 g/mol. The lowest BCUT2D eigenvalue weighted by Gasteiger charge is -2.52. The molecule has 234 valence electrons. The summed E-state index contributed by atoms with van der Waals surface area (Å²) in [5.74, 6) is -0.830. The maximum absolute atomic E-state index is 13.7. The van der Waals surface area contributed by atoms with Crippen molar-refractivity contribution in [1.82, 2.24) is 10.2 Å². The first-order valence-electron chi connectivity index (χ1n) is 14.3. The van der Waals surface area contributed by atoms with Crippen LogP contribution in [-0.4, -0.2) is 54.4 Å². The van der Waals surface area contributed by atoms with Gasteiger partial charge in [-0.15, -0.1) is 0 Å². The normalized spacial score (nSPS) is 23.5. The van der Waals surface area contributed by atoms with Crippen LogP contribution in [0.15, 0.2) is 48.5 Å². The molecule has 1 unspecified atom stereocenters. The second-order valence-electron chi connectivity index (χ2n) is 11.4. The fourth-order valence-corrected chi connectivity index (χ4v) is 5.77. The van der Waals surface area contributed by atoms with Gasteiger partial charge in [0.05, 0.1) is 29.4 Å². The molecule has 2 aliphatic heterocycles. The Labute approximate surface area is 248 Å². The van der Waals surface area contributed by atoms with E-state index in [-0.39, 0.29) is 19.1 Å². The molecule has 0 saturated carbocycles. The van der Waals surface area contributed by atoms with Crippen molar-refractivity contribution in [3.63, 3.8) is 0 Å². The molecule has 1 spiro atoms. The predicted molar refractivity (Wildman–Crippen MR) is 150 cm³/mol. The van der Waals surface area contributed by atoms with E-state index in [9.17, 15) is 27.6 Å². The molecule has 2 amide bonds. The number of carbonyl (C=O) groups excluding carboxylic acids is 3. The van der Waals surface area contributed by atoms with Crippen molar-refractivity contribution in [3.05, 3.63) is 70.8 Å². The highest BCUT2D eigenvalue weighted by atomic mass is 19.4. The van der Waals surface area contributed by atoms with Crippen molar-refractivity contribution in [3.8, 4) is 0 Å². The minimum absolute atomic E-state index is 0.0763. The summed E-state index contributed by atoms with van der Waals surface area (Å²) in [6, 6.07) is 12.1. The molecule has 2 aromatic carbocycles. The van der Waals surface area contributed by atoms with Crippen LogP contribution in [0.4, 0.5) is 18.0 Å². The van der Waals surface area contributed by atoms with Crippen LogP contribution in [0.25, 0.3) is 0 Å². The van der Waals surface area contributed by atoms with Crippen LogP contribution in [-0.2, 0) is 35.5 Å². The first-order chi connectivity index (χ1) is 20.3. The number of carbonyl (C=O) groups is 3. The molecule has 0 bridgehead atoms. The van der Waals surface area contributed by atoms with Crippen LogP contribution in [0.2, 0.25) is 0 Å². The molecule has 2 aromatic rings. The average molecular weight is 606 g/mol. The Bertz CT molecular complexity index is 1320. The predicted octanol–water partition coefficient (Wildman–Crippen LogP) is 5.11. The lowest BCUT2D eigenvalue weighted by Crippen LogP contribution is -2.65. The summed E-state index contributed by atoms with van der Waals surface area (Å²) in [6.07, 6.45) is -4.00. The van der Waals surface area contributed by atoms with Crippen LogP contribution in [0, 0.1) is 6.92 Å². The van der Waals surface area contributed by atoms with Gasteiger partial charge < -0.3 is 25.3 Å². The Morgan fingerprint density at radius 3 is 2.44 bits per heavy atom. The largest absolute Gasteiger partial charge is 0.427 e. The van der Waals surface area contributed by atoms with Crippen LogP contribution < -0.4 is 11.1 Å². The number of hydrogen-bond donors (Lipinski definition) is 2. The zero-order valence-electron chi connectivity index (χ0n) is 24.5. The van der Waals surface area contributed by atoms with Gasteiger partial charge in [-0.3, -0.25) is 14.5 Å². The Kier molecular flexibility index (Phi) is 9.70. The Morgan fingerprint density at radius 2 is 1.81 bits per heavy atom.